The maximum absolute atomic E-state index is 11.9. The standard InChI is InChI=1S/C16H27NO4/c1-3-4-5-10-20-16(19)13-6-8-14(9-7-13)21-15(18)11-12(2)17/h11,13-14H,3-10,17H2,1-2H3/b12-11-. The SMILES string of the molecule is CCCCCOC(=O)C1CCC(OC(=O)/C=C(/C)N)CC1. The Balaban J connectivity index is 2.24. The number of hydrogen-bond donors (Lipinski definition) is 1. The van der Waals surface area contributed by atoms with Crippen molar-refractivity contribution in [3.63, 3.8) is 0 Å². The third-order valence-electron chi connectivity index (χ3n) is 3.63. The Kier molecular flexibility index (Phi) is 7.87. The van der Waals surface area contributed by atoms with E-state index in [0.717, 1.165) is 32.1 Å². The van der Waals surface area contributed by atoms with E-state index in [2.05, 4.69) is 6.92 Å². The molecule has 0 bridgehead atoms. The van der Waals surface area contributed by atoms with Crippen molar-refractivity contribution in [2.24, 2.45) is 11.7 Å². The monoisotopic (exact) mass is 297 g/mol. The minimum Gasteiger partial charge on any atom is -0.465 e. The van der Waals surface area contributed by atoms with Crippen LogP contribution in [0.25, 0.3) is 0 Å². The summed E-state index contributed by atoms with van der Waals surface area (Å²) in [5, 5.41) is 0. The smallest absolute Gasteiger partial charge is 0.332 e. The summed E-state index contributed by atoms with van der Waals surface area (Å²) in [6, 6.07) is 0. The van der Waals surface area contributed by atoms with Gasteiger partial charge in [0.15, 0.2) is 0 Å². The molecule has 1 aliphatic carbocycles. The second-order valence-electron chi connectivity index (χ2n) is 5.67. The number of nitrogens with two attached hydrogens (primary N) is 1. The Labute approximate surface area is 126 Å². The number of rotatable bonds is 7. The van der Waals surface area contributed by atoms with Crippen molar-refractivity contribution in [2.75, 3.05) is 6.61 Å². The zero-order valence-corrected chi connectivity index (χ0v) is 13.1. The molecule has 1 saturated carbocycles. The quantitative estimate of drug-likeness (QED) is 0.444. The predicted octanol–water partition coefficient (Wildman–Crippen LogP) is 2.68. The zero-order valence-electron chi connectivity index (χ0n) is 13.1. The van der Waals surface area contributed by atoms with Crippen LogP contribution in [0, 0.1) is 5.92 Å². The number of hydrogen-bond acceptors (Lipinski definition) is 5. The van der Waals surface area contributed by atoms with Crippen molar-refractivity contribution in [3.8, 4) is 0 Å². The molecule has 2 N–H and O–H groups in total. The topological polar surface area (TPSA) is 78.6 Å². The van der Waals surface area contributed by atoms with Crippen molar-refractivity contribution >= 4 is 11.9 Å². The van der Waals surface area contributed by atoms with Crippen LogP contribution in [-0.4, -0.2) is 24.6 Å². The van der Waals surface area contributed by atoms with Gasteiger partial charge in [0.2, 0.25) is 0 Å². The molecule has 0 aliphatic heterocycles. The third kappa shape index (κ3) is 7.16. The molecule has 5 nitrogen and oxygen atoms in total. The number of allylic oxidation sites excluding steroid dienone is 1. The summed E-state index contributed by atoms with van der Waals surface area (Å²) < 4.78 is 10.6. The highest BCUT2D eigenvalue weighted by atomic mass is 16.5. The molecule has 1 rings (SSSR count). The molecular formula is C16H27NO4. The second-order valence-corrected chi connectivity index (χ2v) is 5.67. The van der Waals surface area contributed by atoms with Crippen LogP contribution in [0.2, 0.25) is 0 Å². The Bertz CT molecular complexity index is 366. The van der Waals surface area contributed by atoms with Crippen LogP contribution in [0.4, 0.5) is 0 Å². The van der Waals surface area contributed by atoms with Gasteiger partial charge < -0.3 is 15.2 Å². The molecule has 0 atom stereocenters. The largest absolute Gasteiger partial charge is 0.465 e. The van der Waals surface area contributed by atoms with E-state index in [1.165, 1.54) is 6.08 Å². The van der Waals surface area contributed by atoms with Gasteiger partial charge in [-0.25, -0.2) is 4.79 Å². The fourth-order valence-corrected chi connectivity index (χ4v) is 2.44. The molecule has 0 saturated heterocycles. The molecular weight excluding hydrogens is 270 g/mol. The summed E-state index contributed by atoms with van der Waals surface area (Å²) in [6.45, 7) is 4.28. The molecule has 120 valence electrons. The number of carbonyl (C=O) groups excluding carboxylic acids is 2. The van der Waals surface area contributed by atoms with Gasteiger partial charge in [-0.2, -0.15) is 0 Å². The van der Waals surface area contributed by atoms with Crippen LogP contribution in [0.3, 0.4) is 0 Å². The molecule has 0 aromatic rings. The Morgan fingerprint density at radius 2 is 1.86 bits per heavy atom. The molecule has 0 unspecified atom stereocenters. The van der Waals surface area contributed by atoms with E-state index in [1.54, 1.807) is 6.92 Å². The number of unbranched alkanes of at least 4 members (excludes halogenated alkanes) is 2. The maximum Gasteiger partial charge on any atom is 0.332 e. The molecule has 0 heterocycles. The lowest BCUT2D eigenvalue weighted by atomic mass is 9.87. The molecule has 1 aliphatic rings. The van der Waals surface area contributed by atoms with Crippen LogP contribution < -0.4 is 5.73 Å². The van der Waals surface area contributed by atoms with Crippen LogP contribution in [0.1, 0.15) is 58.8 Å². The van der Waals surface area contributed by atoms with E-state index < -0.39 is 5.97 Å². The number of carbonyl (C=O) groups is 2. The fraction of sp³-hybridized carbons (Fsp3) is 0.750. The first-order chi connectivity index (χ1) is 10.0. The normalized spacial score (nSPS) is 22.7. The predicted molar refractivity (Wildman–Crippen MR) is 80.3 cm³/mol. The van der Waals surface area contributed by atoms with Gasteiger partial charge in [-0.3, -0.25) is 4.79 Å². The summed E-state index contributed by atoms with van der Waals surface area (Å²) in [7, 11) is 0. The van der Waals surface area contributed by atoms with E-state index in [9.17, 15) is 9.59 Å². The van der Waals surface area contributed by atoms with E-state index in [4.69, 9.17) is 15.2 Å². The molecule has 0 radical (unpaired) electrons. The lowest BCUT2D eigenvalue weighted by molar-refractivity contribution is -0.152. The van der Waals surface area contributed by atoms with Crippen molar-refractivity contribution < 1.29 is 19.1 Å². The van der Waals surface area contributed by atoms with Gasteiger partial charge in [0.25, 0.3) is 0 Å². The van der Waals surface area contributed by atoms with Crippen molar-refractivity contribution in [1.29, 1.82) is 0 Å². The summed E-state index contributed by atoms with van der Waals surface area (Å²) in [4.78, 5) is 23.3. The summed E-state index contributed by atoms with van der Waals surface area (Å²) >= 11 is 0. The summed E-state index contributed by atoms with van der Waals surface area (Å²) in [5.41, 5.74) is 5.86. The minimum absolute atomic E-state index is 0.0478. The highest BCUT2D eigenvalue weighted by molar-refractivity contribution is 5.82. The van der Waals surface area contributed by atoms with Gasteiger partial charge in [-0.1, -0.05) is 19.8 Å². The fourth-order valence-electron chi connectivity index (χ4n) is 2.44. The van der Waals surface area contributed by atoms with E-state index in [-0.39, 0.29) is 18.0 Å². The number of ether oxygens (including phenoxy) is 2. The van der Waals surface area contributed by atoms with Crippen molar-refractivity contribution in [2.45, 2.75) is 64.9 Å². The van der Waals surface area contributed by atoms with Crippen LogP contribution in [0.5, 0.6) is 0 Å². The van der Waals surface area contributed by atoms with Gasteiger partial charge in [0.1, 0.15) is 6.10 Å². The Morgan fingerprint density at radius 3 is 2.43 bits per heavy atom. The number of esters is 2. The minimum atomic E-state index is -0.402. The van der Waals surface area contributed by atoms with E-state index in [1.807, 2.05) is 0 Å². The first-order valence-electron chi connectivity index (χ1n) is 7.84. The highest BCUT2D eigenvalue weighted by Gasteiger charge is 2.28. The first kappa shape index (κ1) is 17.5. The molecule has 5 heteroatoms. The maximum atomic E-state index is 11.9. The highest BCUT2D eigenvalue weighted by Crippen LogP contribution is 2.27. The molecule has 0 amide bonds. The lowest BCUT2D eigenvalue weighted by Crippen LogP contribution is -2.29. The van der Waals surface area contributed by atoms with Gasteiger partial charge in [-0.15, -0.1) is 0 Å². The Hall–Kier alpha value is -1.52. The zero-order chi connectivity index (χ0) is 15.7. The summed E-state index contributed by atoms with van der Waals surface area (Å²) in [6.07, 6.45) is 7.15. The lowest BCUT2D eigenvalue weighted by Gasteiger charge is -2.26. The van der Waals surface area contributed by atoms with Gasteiger partial charge in [0, 0.05) is 11.8 Å². The molecule has 0 spiro atoms. The third-order valence-corrected chi connectivity index (χ3v) is 3.63. The van der Waals surface area contributed by atoms with Crippen LogP contribution >= 0.6 is 0 Å². The van der Waals surface area contributed by atoms with Gasteiger partial charge in [0.05, 0.1) is 12.5 Å². The molecule has 21 heavy (non-hydrogen) atoms. The molecule has 0 aromatic carbocycles. The van der Waals surface area contributed by atoms with Crippen molar-refractivity contribution in [3.05, 3.63) is 11.8 Å². The molecule has 0 aromatic heterocycles. The Morgan fingerprint density at radius 1 is 1.19 bits per heavy atom. The summed E-state index contributed by atoms with van der Waals surface area (Å²) in [5.74, 6) is -0.553. The van der Waals surface area contributed by atoms with E-state index >= 15 is 0 Å². The van der Waals surface area contributed by atoms with Crippen LogP contribution in [-0.2, 0) is 19.1 Å². The average Bonchev–Trinajstić information content (AvgIpc) is 2.43. The van der Waals surface area contributed by atoms with E-state index in [0.29, 0.717) is 25.1 Å². The van der Waals surface area contributed by atoms with Crippen LogP contribution in [0.15, 0.2) is 11.8 Å². The van der Waals surface area contributed by atoms with Crippen molar-refractivity contribution in [1.82, 2.24) is 0 Å². The van der Waals surface area contributed by atoms with Gasteiger partial charge in [-0.05, 0) is 39.0 Å². The average molecular weight is 297 g/mol. The van der Waals surface area contributed by atoms with Gasteiger partial charge >= 0.3 is 11.9 Å². The molecule has 1 fully saturated rings. The second kappa shape index (κ2) is 9.42. The first-order valence-corrected chi connectivity index (χ1v) is 7.84.